The molecule has 8 nitrogen and oxygen atoms in total. The fraction of sp³-hybridized carbons (Fsp3) is 0.333. The normalized spacial score (nSPS) is 19.2. The van der Waals surface area contributed by atoms with Gasteiger partial charge in [-0.3, -0.25) is 29.0 Å². The fourth-order valence-electron chi connectivity index (χ4n) is 4.21. The fourth-order valence-corrected chi connectivity index (χ4v) is 4.21. The molecule has 0 bridgehead atoms. The summed E-state index contributed by atoms with van der Waals surface area (Å²) in [5.41, 5.74) is 8.13. The Morgan fingerprint density at radius 1 is 0.969 bits per heavy atom. The number of piperidine rings is 1. The van der Waals surface area contributed by atoms with Crippen molar-refractivity contribution in [2.75, 3.05) is 23.3 Å². The number of imide groups is 1. The summed E-state index contributed by atoms with van der Waals surface area (Å²) in [7, 11) is 0. The number of carbonyl (C=O) groups is 4. The summed E-state index contributed by atoms with van der Waals surface area (Å²) in [5.74, 6) is -1.04. The SMILES string of the molecule is NC(=O)C1CCCN(Cc2ccc(NC(=O)c3ccc(N4C(=O)CCC4=O)cc3)cc2)C1. The van der Waals surface area contributed by atoms with Gasteiger partial charge in [-0.05, 0) is 61.3 Å². The van der Waals surface area contributed by atoms with E-state index >= 15 is 0 Å². The van der Waals surface area contributed by atoms with Gasteiger partial charge in [-0.2, -0.15) is 0 Å². The third kappa shape index (κ3) is 4.86. The maximum atomic E-state index is 12.6. The molecule has 8 heteroatoms. The zero-order valence-corrected chi connectivity index (χ0v) is 17.8. The van der Waals surface area contributed by atoms with Crippen LogP contribution in [0.3, 0.4) is 0 Å². The number of nitrogens with one attached hydrogen (secondary N) is 1. The Balaban J connectivity index is 1.34. The highest BCUT2D eigenvalue weighted by molar-refractivity contribution is 6.20. The van der Waals surface area contributed by atoms with Crippen LogP contribution in [0, 0.1) is 5.92 Å². The van der Waals surface area contributed by atoms with Crippen LogP contribution in [-0.2, 0) is 20.9 Å². The molecule has 4 rings (SSSR count). The highest BCUT2D eigenvalue weighted by Crippen LogP contribution is 2.23. The van der Waals surface area contributed by atoms with Crippen LogP contribution in [0.2, 0.25) is 0 Å². The van der Waals surface area contributed by atoms with Gasteiger partial charge in [0.2, 0.25) is 17.7 Å². The molecule has 2 aromatic rings. The first-order valence-electron chi connectivity index (χ1n) is 10.8. The minimum absolute atomic E-state index is 0.0876. The maximum Gasteiger partial charge on any atom is 0.255 e. The number of nitrogens with zero attached hydrogens (tertiary/aromatic N) is 2. The Labute approximate surface area is 186 Å². The Hall–Kier alpha value is -3.52. The van der Waals surface area contributed by atoms with Crippen LogP contribution in [-0.4, -0.2) is 41.6 Å². The van der Waals surface area contributed by atoms with Crippen molar-refractivity contribution in [1.82, 2.24) is 4.90 Å². The zero-order valence-electron chi connectivity index (χ0n) is 17.8. The Morgan fingerprint density at radius 2 is 1.62 bits per heavy atom. The van der Waals surface area contributed by atoms with Gasteiger partial charge in [0.25, 0.3) is 5.91 Å². The van der Waals surface area contributed by atoms with Crippen molar-refractivity contribution >= 4 is 35.0 Å². The lowest BCUT2D eigenvalue weighted by Crippen LogP contribution is -2.40. The molecule has 2 aromatic carbocycles. The van der Waals surface area contributed by atoms with Gasteiger partial charge in [-0.15, -0.1) is 0 Å². The van der Waals surface area contributed by atoms with Crippen molar-refractivity contribution in [3.63, 3.8) is 0 Å². The summed E-state index contributed by atoms with van der Waals surface area (Å²) in [5, 5.41) is 2.86. The van der Waals surface area contributed by atoms with E-state index in [2.05, 4.69) is 10.2 Å². The van der Waals surface area contributed by atoms with Crippen molar-refractivity contribution in [3.8, 4) is 0 Å². The van der Waals surface area contributed by atoms with Gasteiger partial charge in [0.15, 0.2) is 0 Å². The second-order valence-electron chi connectivity index (χ2n) is 8.30. The van der Waals surface area contributed by atoms with Gasteiger partial charge >= 0.3 is 0 Å². The molecule has 2 heterocycles. The van der Waals surface area contributed by atoms with Gasteiger partial charge in [-0.1, -0.05) is 12.1 Å². The van der Waals surface area contributed by atoms with Crippen LogP contribution in [0.4, 0.5) is 11.4 Å². The molecule has 32 heavy (non-hydrogen) atoms. The van der Waals surface area contributed by atoms with E-state index in [9.17, 15) is 19.2 Å². The van der Waals surface area contributed by atoms with Gasteiger partial charge in [0.05, 0.1) is 11.6 Å². The summed E-state index contributed by atoms with van der Waals surface area (Å²) in [6, 6.07) is 14.0. The van der Waals surface area contributed by atoms with Gasteiger partial charge < -0.3 is 11.1 Å². The van der Waals surface area contributed by atoms with Crippen LogP contribution in [0.25, 0.3) is 0 Å². The molecule has 2 aliphatic rings. The molecule has 2 aliphatic heterocycles. The van der Waals surface area contributed by atoms with Crippen molar-refractivity contribution in [3.05, 3.63) is 59.7 Å². The van der Waals surface area contributed by atoms with E-state index in [1.54, 1.807) is 24.3 Å². The third-order valence-electron chi connectivity index (χ3n) is 5.97. The van der Waals surface area contributed by atoms with E-state index in [4.69, 9.17) is 5.73 Å². The molecule has 1 atom stereocenters. The lowest BCUT2D eigenvalue weighted by Gasteiger charge is -2.31. The number of primary amides is 1. The molecule has 0 spiro atoms. The van der Waals surface area contributed by atoms with Crippen molar-refractivity contribution in [2.24, 2.45) is 11.7 Å². The lowest BCUT2D eigenvalue weighted by molar-refractivity contribution is -0.124. The van der Waals surface area contributed by atoms with Crippen LogP contribution in [0.15, 0.2) is 48.5 Å². The summed E-state index contributed by atoms with van der Waals surface area (Å²) >= 11 is 0. The van der Waals surface area contributed by atoms with E-state index in [1.807, 2.05) is 24.3 Å². The Bertz CT molecular complexity index is 1020. The number of benzene rings is 2. The van der Waals surface area contributed by atoms with E-state index in [1.165, 1.54) is 0 Å². The zero-order chi connectivity index (χ0) is 22.7. The van der Waals surface area contributed by atoms with Crippen LogP contribution in [0.1, 0.15) is 41.6 Å². The molecule has 166 valence electrons. The topological polar surface area (TPSA) is 113 Å². The van der Waals surface area contributed by atoms with Crippen LogP contribution in [0.5, 0.6) is 0 Å². The first-order valence-corrected chi connectivity index (χ1v) is 10.8. The number of carbonyl (C=O) groups excluding carboxylic acids is 4. The standard InChI is InChI=1S/C24H26N4O4/c25-23(31)18-2-1-13-27(15-18)14-16-3-7-19(8-4-16)26-24(32)17-5-9-20(10-6-17)28-21(29)11-12-22(28)30/h3-10,18H,1-2,11-15H2,(H2,25,31)(H,26,32). The number of likely N-dealkylation sites (tertiary alicyclic amines) is 1. The predicted molar refractivity (Wildman–Crippen MR) is 120 cm³/mol. The smallest absolute Gasteiger partial charge is 0.255 e. The minimum Gasteiger partial charge on any atom is -0.369 e. The Morgan fingerprint density at radius 3 is 2.25 bits per heavy atom. The van der Waals surface area contributed by atoms with E-state index in [-0.39, 0.29) is 42.4 Å². The quantitative estimate of drug-likeness (QED) is 0.678. The first kappa shape index (κ1) is 21.7. The molecular weight excluding hydrogens is 408 g/mol. The average Bonchev–Trinajstić information content (AvgIpc) is 3.13. The molecule has 4 amide bonds. The number of hydrogen-bond donors (Lipinski definition) is 2. The van der Waals surface area contributed by atoms with Crippen LogP contribution >= 0.6 is 0 Å². The molecular formula is C24H26N4O4. The molecule has 2 fully saturated rings. The Kier molecular flexibility index (Phi) is 6.32. The summed E-state index contributed by atoms with van der Waals surface area (Å²) in [6.45, 7) is 2.35. The van der Waals surface area contributed by atoms with Crippen molar-refractivity contribution in [1.29, 1.82) is 0 Å². The predicted octanol–water partition coefficient (Wildman–Crippen LogP) is 2.29. The average molecular weight is 434 g/mol. The van der Waals surface area contributed by atoms with Gasteiger partial charge in [0, 0.05) is 37.2 Å². The molecule has 3 N–H and O–H groups in total. The van der Waals surface area contributed by atoms with Crippen molar-refractivity contribution < 1.29 is 19.2 Å². The highest BCUT2D eigenvalue weighted by Gasteiger charge is 2.30. The monoisotopic (exact) mass is 434 g/mol. The summed E-state index contributed by atoms with van der Waals surface area (Å²) in [6.07, 6.45) is 2.25. The number of amides is 4. The number of hydrogen-bond acceptors (Lipinski definition) is 5. The highest BCUT2D eigenvalue weighted by atomic mass is 16.2. The lowest BCUT2D eigenvalue weighted by atomic mass is 9.97. The van der Waals surface area contributed by atoms with Crippen LogP contribution < -0.4 is 16.0 Å². The van der Waals surface area contributed by atoms with Crippen molar-refractivity contribution in [2.45, 2.75) is 32.2 Å². The van der Waals surface area contributed by atoms with E-state index in [0.29, 0.717) is 23.5 Å². The third-order valence-corrected chi connectivity index (χ3v) is 5.97. The summed E-state index contributed by atoms with van der Waals surface area (Å²) < 4.78 is 0. The number of anilines is 2. The molecule has 0 aromatic heterocycles. The van der Waals surface area contributed by atoms with Gasteiger partial charge in [0.1, 0.15) is 0 Å². The molecule has 0 radical (unpaired) electrons. The molecule has 0 aliphatic carbocycles. The largest absolute Gasteiger partial charge is 0.369 e. The van der Waals surface area contributed by atoms with Gasteiger partial charge in [-0.25, -0.2) is 0 Å². The second kappa shape index (κ2) is 9.32. The maximum absolute atomic E-state index is 12.6. The molecule has 0 saturated carbocycles. The number of nitrogens with two attached hydrogens (primary N) is 1. The van der Waals surface area contributed by atoms with E-state index < -0.39 is 0 Å². The second-order valence-corrected chi connectivity index (χ2v) is 8.30. The molecule has 2 saturated heterocycles. The first-order chi connectivity index (χ1) is 15.4. The molecule has 1 unspecified atom stereocenters. The summed E-state index contributed by atoms with van der Waals surface area (Å²) in [4.78, 5) is 51.1. The minimum atomic E-state index is -0.274. The number of rotatable bonds is 6. The van der Waals surface area contributed by atoms with E-state index in [0.717, 1.165) is 36.4 Å².